The minimum atomic E-state index is -0.472. The first-order valence-electron chi connectivity index (χ1n) is 10.6. The normalized spacial score (nSPS) is 37.1. The number of carbonyl (C=O) groups excluding carboxylic acids is 1. The van der Waals surface area contributed by atoms with Gasteiger partial charge in [0.15, 0.2) is 0 Å². The van der Waals surface area contributed by atoms with E-state index in [-0.39, 0.29) is 18.1 Å². The third-order valence-electron chi connectivity index (χ3n) is 7.05. The fourth-order valence-corrected chi connectivity index (χ4v) is 7.03. The number of thiazole rings is 1. The molecule has 1 amide bonds. The highest BCUT2D eigenvalue weighted by atomic mass is 32.1. The van der Waals surface area contributed by atoms with Crippen molar-refractivity contribution in [3.8, 4) is 5.19 Å². The van der Waals surface area contributed by atoms with Crippen LogP contribution in [0.4, 0.5) is 0 Å². The van der Waals surface area contributed by atoms with Gasteiger partial charge in [0, 0.05) is 19.1 Å². The Kier molecular flexibility index (Phi) is 4.68. The second-order valence-corrected chi connectivity index (χ2v) is 10.5. The van der Waals surface area contributed by atoms with Gasteiger partial charge < -0.3 is 19.9 Å². The van der Waals surface area contributed by atoms with Gasteiger partial charge in [-0.05, 0) is 69.6 Å². The Bertz CT molecular complexity index is 746. The van der Waals surface area contributed by atoms with E-state index in [0.717, 1.165) is 55.5 Å². The number of nitrogens with zero attached hydrogens (tertiary/aromatic N) is 1. The van der Waals surface area contributed by atoms with Crippen LogP contribution in [0, 0.1) is 17.8 Å². The summed E-state index contributed by atoms with van der Waals surface area (Å²) in [6.45, 7) is 2.44. The number of amides is 1. The summed E-state index contributed by atoms with van der Waals surface area (Å²) in [4.78, 5) is 18.6. The zero-order chi connectivity index (χ0) is 19.5. The standard InChI is InChI=1S/C21H30N2O4S/c1-11(10-26-2)27-20-23-17(13-3-4-13)18(28-20)19(24)22-16-14-5-12-6-15(16)9-21(25,7-12)8-14/h11-16,25H,3-10H2,1-2H3,(H,22,24)/t11-,12?,14?,15?,16?,21?/m1/s1. The van der Waals surface area contributed by atoms with E-state index in [2.05, 4.69) is 10.3 Å². The summed E-state index contributed by atoms with van der Waals surface area (Å²) in [7, 11) is 1.65. The number of aromatic nitrogens is 1. The van der Waals surface area contributed by atoms with Crippen molar-refractivity contribution >= 4 is 17.2 Å². The smallest absolute Gasteiger partial charge is 0.274 e. The van der Waals surface area contributed by atoms with Crippen LogP contribution in [0.1, 0.15) is 73.2 Å². The molecule has 4 bridgehead atoms. The highest BCUT2D eigenvalue weighted by Gasteiger charge is 2.55. The molecule has 5 fully saturated rings. The summed E-state index contributed by atoms with van der Waals surface area (Å²) in [6, 6.07) is 0.190. The average Bonchev–Trinajstić information content (AvgIpc) is 3.37. The third-order valence-corrected chi connectivity index (χ3v) is 8.01. The van der Waals surface area contributed by atoms with E-state index in [1.54, 1.807) is 7.11 Å². The Hall–Kier alpha value is -1.18. The molecular weight excluding hydrogens is 376 g/mol. The van der Waals surface area contributed by atoms with Crippen molar-refractivity contribution in [3.63, 3.8) is 0 Å². The van der Waals surface area contributed by atoms with Gasteiger partial charge in [-0.2, -0.15) is 0 Å². The van der Waals surface area contributed by atoms with Crippen LogP contribution in [0.5, 0.6) is 5.19 Å². The maximum Gasteiger partial charge on any atom is 0.274 e. The molecule has 5 aliphatic rings. The van der Waals surface area contributed by atoms with Gasteiger partial charge in [-0.25, -0.2) is 4.98 Å². The van der Waals surface area contributed by atoms with Crippen molar-refractivity contribution in [1.82, 2.24) is 10.3 Å². The van der Waals surface area contributed by atoms with Gasteiger partial charge in [0.1, 0.15) is 11.0 Å². The van der Waals surface area contributed by atoms with Crippen molar-refractivity contribution in [3.05, 3.63) is 10.6 Å². The van der Waals surface area contributed by atoms with E-state index in [0.29, 0.717) is 35.5 Å². The minimum absolute atomic E-state index is 0.00175. The highest BCUT2D eigenvalue weighted by Crippen LogP contribution is 2.55. The zero-order valence-corrected chi connectivity index (χ0v) is 17.5. The van der Waals surface area contributed by atoms with Gasteiger partial charge in [0.2, 0.25) is 0 Å². The molecule has 1 aromatic heterocycles. The lowest BCUT2D eigenvalue weighted by atomic mass is 9.52. The number of hydrogen-bond acceptors (Lipinski definition) is 6. The lowest BCUT2D eigenvalue weighted by Crippen LogP contribution is -2.61. The van der Waals surface area contributed by atoms with Crippen molar-refractivity contribution in [2.45, 2.75) is 75.5 Å². The Labute approximate surface area is 170 Å². The fourth-order valence-electron chi connectivity index (χ4n) is 6.03. The van der Waals surface area contributed by atoms with Crippen molar-refractivity contribution < 1.29 is 19.4 Å². The van der Waals surface area contributed by atoms with Gasteiger partial charge in [0.25, 0.3) is 11.1 Å². The van der Waals surface area contributed by atoms with Gasteiger partial charge >= 0.3 is 0 Å². The van der Waals surface area contributed by atoms with Crippen LogP contribution in [0.25, 0.3) is 0 Å². The molecule has 28 heavy (non-hydrogen) atoms. The largest absolute Gasteiger partial charge is 0.465 e. The quantitative estimate of drug-likeness (QED) is 0.727. The molecule has 6 rings (SSSR count). The average molecular weight is 407 g/mol. The predicted molar refractivity (Wildman–Crippen MR) is 106 cm³/mol. The number of aliphatic hydroxyl groups is 1. The van der Waals surface area contributed by atoms with Crippen molar-refractivity contribution in [2.24, 2.45) is 17.8 Å². The first kappa shape index (κ1) is 18.8. The van der Waals surface area contributed by atoms with Crippen LogP contribution in [-0.2, 0) is 4.74 Å². The molecule has 0 radical (unpaired) electrons. The molecule has 154 valence electrons. The second-order valence-electron chi connectivity index (χ2n) is 9.55. The molecular formula is C21H30N2O4S. The Balaban J connectivity index is 1.32. The first-order valence-corrected chi connectivity index (χ1v) is 11.5. The van der Waals surface area contributed by atoms with Crippen LogP contribution in [0.15, 0.2) is 0 Å². The van der Waals surface area contributed by atoms with Crippen LogP contribution in [0.3, 0.4) is 0 Å². The van der Waals surface area contributed by atoms with E-state index >= 15 is 0 Å². The highest BCUT2D eigenvalue weighted by molar-refractivity contribution is 7.15. The van der Waals surface area contributed by atoms with Gasteiger partial charge in [-0.3, -0.25) is 4.79 Å². The summed E-state index contributed by atoms with van der Waals surface area (Å²) in [5, 5.41) is 14.7. The summed E-state index contributed by atoms with van der Waals surface area (Å²) in [5.41, 5.74) is 0.435. The molecule has 5 aliphatic carbocycles. The van der Waals surface area contributed by atoms with Crippen LogP contribution >= 0.6 is 11.3 Å². The molecule has 0 aliphatic heterocycles. The maximum absolute atomic E-state index is 13.2. The van der Waals surface area contributed by atoms with E-state index in [1.807, 2.05) is 6.92 Å². The molecule has 2 unspecified atom stereocenters. The Morgan fingerprint density at radius 2 is 2.04 bits per heavy atom. The third kappa shape index (κ3) is 3.46. The zero-order valence-electron chi connectivity index (χ0n) is 16.6. The van der Waals surface area contributed by atoms with Gasteiger partial charge in [0.05, 0.1) is 17.9 Å². The first-order chi connectivity index (χ1) is 13.4. The van der Waals surface area contributed by atoms with Crippen LogP contribution in [-0.4, -0.2) is 47.5 Å². The summed E-state index contributed by atoms with van der Waals surface area (Å²) in [5.74, 6) is 1.86. The van der Waals surface area contributed by atoms with E-state index in [9.17, 15) is 9.90 Å². The predicted octanol–water partition coefficient (Wildman–Crippen LogP) is 3.10. The van der Waals surface area contributed by atoms with Gasteiger partial charge in [-0.15, -0.1) is 0 Å². The Morgan fingerprint density at radius 1 is 1.32 bits per heavy atom. The summed E-state index contributed by atoms with van der Waals surface area (Å²) < 4.78 is 11.0. The fraction of sp³-hybridized carbons (Fsp3) is 0.810. The van der Waals surface area contributed by atoms with Crippen molar-refractivity contribution in [1.29, 1.82) is 0 Å². The molecule has 5 saturated carbocycles. The van der Waals surface area contributed by atoms with Crippen LogP contribution in [0.2, 0.25) is 0 Å². The molecule has 1 heterocycles. The summed E-state index contributed by atoms with van der Waals surface area (Å²) >= 11 is 1.37. The molecule has 0 aromatic carbocycles. The SMILES string of the molecule is COC[C@@H](C)Oc1nc(C2CC2)c(C(=O)NC2C3CC4CC2CC(O)(C4)C3)s1. The minimum Gasteiger partial charge on any atom is -0.465 e. The lowest BCUT2D eigenvalue weighted by Gasteiger charge is -2.58. The van der Waals surface area contributed by atoms with Crippen LogP contribution < -0.4 is 10.1 Å². The molecule has 2 N–H and O–H groups in total. The topological polar surface area (TPSA) is 80.7 Å². The number of carbonyl (C=O) groups is 1. The summed E-state index contributed by atoms with van der Waals surface area (Å²) in [6.07, 6.45) is 7.03. The van der Waals surface area contributed by atoms with E-state index in [1.165, 1.54) is 11.3 Å². The monoisotopic (exact) mass is 406 g/mol. The molecule has 0 saturated heterocycles. The number of rotatable bonds is 7. The molecule has 1 aromatic rings. The molecule has 7 heteroatoms. The number of ether oxygens (including phenoxy) is 2. The van der Waals surface area contributed by atoms with Crippen molar-refractivity contribution in [2.75, 3.05) is 13.7 Å². The number of methoxy groups -OCH3 is 1. The molecule has 6 nitrogen and oxygen atoms in total. The molecule has 3 atom stereocenters. The maximum atomic E-state index is 13.2. The Morgan fingerprint density at radius 3 is 2.64 bits per heavy atom. The van der Waals surface area contributed by atoms with Gasteiger partial charge in [-0.1, -0.05) is 11.3 Å². The number of hydrogen-bond donors (Lipinski definition) is 2. The molecule has 0 spiro atoms. The van der Waals surface area contributed by atoms with E-state index in [4.69, 9.17) is 9.47 Å². The van der Waals surface area contributed by atoms with E-state index < -0.39 is 5.60 Å². The second kappa shape index (κ2) is 6.96. The lowest BCUT2D eigenvalue weighted by molar-refractivity contribution is -0.136. The number of nitrogens with one attached hydrogen (secondary N) is 1.